The number of ether oxygens (including phenoxy) is 2. The standard InChI is InChI=1S/C22H32N6O2.HI/c1-23-22(24-10-15-30-20-7-5-19(29-3)6-8-20)26-17-18-4-9-21(25-16-18)28-13-11-27(2)12-14-28;/h4-9,16H,10-15,17H2,1-3H3,(H2,23,24,26);1H. The highest BCUT2D eigenvalue weighted by atomic mass is 127. The van der Waals surface area contributed by atoms with Gasteiger partial charge in [0.2, 0.25) is 0 Å². The van der Waals surface area contributed by atoms with Gasteiger partial charge in [-0.1, -0.05) is 6.07 Å². The summed E-state index contributed by atoms with van der Waals surface area (Å²) in [5.41, 5.74) is 1.12. The Morgan fingerprint density at radius 1 is 1.03 bits per heavy atom. The lowest BCUT2D eigenvalue weighted by atomic mass is 10.2. The zero-order valence-corrected chi connectivity index (χ0v) is 20.8. The van der Waals surface area contributed by atoms with Crippen molar-refractivity contribution in [3.05, 3.63) is 48.2 Å². The maximum atomic E-state index is 5.72. The summed E-state index contributed by atoms with van der Waals surface area (Å²) in [5, 5.41) is 6.57. The molecule has 1 aromatic carbocycles. The number of hydrogen-bond donors (Lipinski definition) is 2. The number of aromatic nitrogens is 1. The zero-order chi connectivity index (χ0) is 21.2. The van der Waals surface area contributed by atoms with Gasteiger partial charge < -0.3 is 29.9 Å². The Bertz CT molecular complexity index is 793. The first-order valence-electron chi connectivity index (χ1n) is 10.3. The number of pyridine rings is 1. The largest absolute Gasteiger partial charge is 0.497 e. The number of anilines is 1. The van der Waals surface area contributed by atoms with Crippen molar-refractivity contribution in [2.75, 3.05) is 65.4 Å². The van der Waals surface area contributed by atoms with Crippen molar-refractivity contribution in [2.45, 2.75) is 6.54 Å². The Hall–Kier alpha value is -2.27. The fourth-order valence-corrected chi connectivity index (χ4v) is 3.16. The molecule has 0 amide bonds. The molecule has 1 aliphatic rings. The van der Waals surface area contributed by atoms with Crippen LogP contribution in [-0.4, -0.2) is 76.4 Å². The number of nitrogens with one attached hydrogen (secondary N) is 2. The number of rotatable bonds is 8. The Morgan fingerprint density at radius 3 is 2.35 bits per heavy atom. The van der Waals surface area contributed by atoms with Crippen LogP contribution in [0.4, 0.5) is 5.82 Å². The average molecular weight is 540 g/mol. The highest BCUT2D eigenvalue weighted by Crippen LogP contribution is 2.16. The quantitative estimate of drug-likeness (QED) is 0.230. The van der Waals surface area contributed by atoms with E-state index in [1.54, 1.807) is 14.2 Å². The number of guanidine groups is 1. The van der Waals surface area contributed by atoms with Gasteiger partial charge in [0.15, 0.2) is 5.96 Å². The summed E-state index contributed by atoms with van der Waals surface area (Å²) in [7, 11) is 5.57. The molecule has 170 valence electrons. The van der Waals surface area contributed by atoms with Crippen LogP contribution in [0.25, 0.3) is 0 Å². The van der Waals surface area contributed by atoms with E-state index >= 15 is 0 Å². The van der Waals surface area contributed by atoms with Crippen molar-refractivity contribution in [3.8, 4) is 11.5 Å². The molecule has 0 spiro atoms. The molecule has 1 fully saturated rings. The van der Waals surface area contributed by atoms with Crippen LogP contribution in [0.15, 0.2) is 47.6 Å². The number of halogens is 1. The van der Waals surface area contributed by atoms with Crippen molar-refractivity contribution in [1.29, 1.82) is 0 Å². The minimum atomic E-state index is 0. The zero-order valence-electron chi connectivity index (χ0n) is 18.5. The summed E-state index contributed by atoms with van der Waals surface area (Å²) in [4.78, 5) is 13.6. The molecule has 1 aromatic heterocycles. The van der Waals surface area contributed by atoms with Gasteiger partial charge in [-0.3, -0.25) is 4.99 Å². The van der Waals surface area contributed by atoms with E-state index in [2.05, 4.69) is 49.6 Å². The summed E-state index contributed by atoms with van der Waals surface area (Å²) < 4.78 is 10.9. The van der Waals surface area contributed by atoms with Crippen LogP contribution in [0.1, 0.15) is 5.56 Å². The summed E-state index contributed by atoms with van der Waals surface area (Å²) >= 11 is 0. The summed E-state index contributed by atoms with van der Waals surface area (Å²) in [5.74, 6) is 3.41. The van der Waals surface area contributed by atoms with E-state index < -0.39 is 0 Å². The average Bonchev–Trinajstić information content (AvgIpc) is 2.80. The molecule has 2 N–H and O–H groups in total. The highest BCUT2D eigenvalue weighted by Gasteiger charge is 2.14. The molecule has 0 radical (unpaired) electrons. The van der Waals surface area contributed by atoms with Crippen molar-refractivity contribution in [1.82, 2.24) is 20.5 Å². The van der Waals surface area contributed by atoms with E-state index in [0.29, 0.717) is 19.7 Å². The predicted molar refractivity (Wildman–Crippen MR) is 136 cm³/mol. The number of likely N-dealkylation sites (N-methyl/N-ethyl adjacent to an activating group) is 1. The molecule has 2 aromatic rings. The molecular formula is C22H33IN6O2. The second-order valence-corrected chi connectivity index (χ2v) is 7.19. The van der Waals surface area contributed by atoms with Gasteiger partial charge in [-0.15, -0.1) is 24.0 Å². The molecule has 0 aliphatic carbocycles. The highest BCUT2D eigenvalue weighted by molar-refractivity contribution is 14.0. The predicted octanol–water partition coefficient (Wildman–Crippen LogP) is 2.20. The van der Waals surface area contributed by atoms with Gasteiger partial charge in [-0.05, 0) is 42.9 Å². The van der Waals surface area contributed by atoms with Crippen LogP contribution in [-0.2, 0) is 6.54 Å². The molecular weight excluding hydrogens is 507 g/mol. The van der Waals surface area contributed by atoms with Crippen LogP contribution in [0, 0.1) is 0 Å². The number of methoxy groups -OCH3 is 1. The molecule has 0 saturated carbocycles. The molecule has 1 aliphatic heterocycles. The van der Waals surface area contributed by atoms with E-state index in [9.17, 15) is 0 Å². The van der Waals surface area contributed by atoms with Crippen LogP contribution in [0.3, 0.4) is 0 Å². The Labute approximate surface area is 202 Å². The maximum absolute atomic E-state index is 5.72. The molecule has 0 unspecified atom stereocenters. The van der Waals surface area contributed by atoms with Gasteiger partial charge in [-0.2, -0.15) is 0 Å². The second-order valence-electron chi connectivity index (χ2n) is 7.19. The van der Waals surface area contributed by atoms with Crippen molar-refractivity contribution in [3.63, 3.8) is 0 Å². The molecule has 3 rings (SSSR count). The minimum Gasteiger partial charge on any atom is -0.497 e. The molecule has 0 atom stereocenters. The molecule has 1 saturated heterocycles. The van der Waals surface area contributed by atoms with Crippen molar-refractivity contribution < 1.29 is 9.47 Å². The minimum absolute atomic E-state index is 0. The van der Waals surface area contributed by atoms with E-state index in [-0.39, 0.29) is 24.0 Å². The third kappa shape index (κ3) is 8.06. The SMILES string of the molecule is CN=C(NCCOc1ccc(OC)cc1)NCc1ccc(N2CCN(C)CC2)nc1.I. The third-order valence-corrected chi connectivity index (χ3v) is 5.04. The van der Waals surface area contributed by atoms with E-state index in [1.807, 2.05) is 30.5 Å². The molecule has 9 heteroatoms. The van der Waals surface area contributed by atoms with Gasteiger partial charge in [0.25, 0.3) is 0 Å². The normalized spacial score (nSPS) is 14.5. The Kier molecular flexibility index (Phi) is 10.6. The number of piperazine rings is 1. The van der Waals surface area contributed by atoms with Crippen LogP contribution < -0.4 is 25.0 Å². The first-order chi connectivity index (χ1) is 14.7. The Morgan fingerprint density at radius 2 is 1.74 bits per heavy atom. The summed E-state index contributed by atoms with van der Waals surface area (Å²) in [6, 6.07) is 11.8. The lowest BCUT2D eigenvalue weighted by molar-refractivity contribution is 0.312. The third-order valence-electron chi connectivity index (χ3n) is 5.04. The second kappa shape index (κ2) is 13.2. The monoisotopic (exact) mass is 540 g/mol. The maximum Gasteiger partial charge on any atom is 0.191 e. The number of nitrogens with zero attached hydrogens (tertiary/aromatic N) is 4. The van der Waals surface area contributed by atoms with Crippen LogP contribution in [0.5, 0.6) is 11.5 Å². The van der Waals surface area contributed by atoms with Gasteiger partial charge in [0, 0.05) is 46.0 Å². The lowest BCUT2D eigenvalue weighted by Crippen LogP contribution is -2.44. The van der Waals surface area contributed by atoms with Crippen molar-refractivity contribution >= 4 is 35.8 Å². The molecule has 31 heavy (non-hydrogen) atoms. The number of hydrogen-bond acceptors (Lipinski definition) is 6. The fourth-order valence-electron chi connectivity index (χ4n) is 3.16. The first-order valence-corrected chi connectivity index (χ1v) is 10.3. The van der Waals surface area contributed by atoms with Crippen LogP contribution in [0.2, 0.25) is 0 Å². The van der Waals surface area contributed by atoms with E-state index in [4.69, 9.17) is 9.47 Å². The van der Waals surface area contributed by atoms with E-state index in [0.717, 1.165) is 55.0 Å². The van der Waals surface area contributed by atoms with Gasteiger partial charge in [-0.25, -0.2) is 4.98 Å². The van der Waals surface area contributed by atoms with E-state index in [1.165, 1.54) is 0 Å². The molecule has 2 heterocycles. The number of benzene rings is 1. The molecule has 0 bridgehead atoms. The van der Waals surface area contributed by atoms with Gasteiger partial charge in [0.05, 0.1) is 13.7 Å². The fraction of sp³-hybridized carbons (Fsp3) is 0.455. The van der Waals surface area contributed by atoms with Gasteiger partial charge >= 0.3 is 0 Å². The first kappa shape index (κ1) is 25.0. The number of aliphatic imine (C=N–C) groups is 1. The summed E-state index contributed by atoms with van der Waals surface area (Å²) in [6.07, 6.45) is 1.93. The van der Waals surface area contributed by atoms with Crippen molar-refractivity contribution in [2.24, 2.45) is 4.99 Å². The summed E-state index contributed by atoms with van der Waals surface area (Å²) in [6.45, 7) is 6.05. The Balaban J connectivity index is 0.00000341. The van der Waals surface area contributed by atoms with Crippen LogP contribution >= 0.6 is 24.0 Å². The van der Waals surface area contributed by atoms with Gasteiger partial charge in [0.1, 0.15) is 23.9 Å². The molecule has 8 nitrogen and oxygen atoms in total. The lowest BCUT2D eigenvalue weighted by Gasteiger charge is -2.33. The smallest absolute Gasteiger partial charge is 0.191 e. The topological polar surface area (TPSA) is 74.3 Å².